The van der Waals surface area contributed by atoms with Crippen molar-refractivity contribution in [2.24, 2.45) is 5.73 Å². The summed E-state index contributed by atoms with van der Waals surface area (Å²) < 4.78 is 2.03. The van der Waals surface area contributed by atoms with E-state index in [1.807, 2.05) is 22.7 Å². The van der Waals surface area contributed by atoms with Gasteiger partial charge >= 0.3 is 0 Å². The minimum atomic E-state index is 0.541. The highest BCUT2D eigenvalue weighted by atomic mass is 15.0. The van der Waals surface area contributed by atoms with Gasteiger partial charge in [-0.1, -0.05) is 42.5 Å². The Morgan fingerprint density at radius 2 is 1.76 bits per heavy atom. The van der Waals surface area contributed by atoms with Gasteiger partial charge in [0.05, 0.1) is 5.69 Å². The van der Waals surface area contributed by atoms with E-state index in [0.29, 0.717) is 6.54 Å². The molecule has 0 amide bonds. The lowest BCUT2D eigenvalue weighted by molar-refractivity contribution is 1.03. The summed E-state index contributed by atoms with van der Waals surface area (Å²) in [4.78, 5) is 4.69. The van der Waals surface area contributed by atoms with Crippen molar-refractivity contribution in [3.8, 4) is 11.3 Å². The summed E-state index contributed by atoms with van der Waals surface area (Å²) in [7, 11) is 0. The minimum Gasteiger partial charge on any atom is -0.326 e. The average Bonchev–Trinajstić information content (AvgIpc) is 2.97. The van der Waals surface area contributed by atoms with Crippen LogP contribution in [-0.2, 0) is 6.54 Å². The highest BCUT2D eigenvalue weighted by Crippen LogP contribution is 2.24. The zero-order valence-electron chi connectivity index (χ0n) is 11.5. The number of nitrogens with zero attached hydrogens (tertiary/aromatic N) is 2. The van der Waals surface area contributed by atoms with Crippen molar-refractivity contribution in [2.75, 3.05) is 0 Å². The normalized spacial score (nSPS) is 11.3. The fraction of sp³-hybridized carbons (Fsp3) is 0.0556. The van der Waals surface area contributed by atoms with Crippen molar-refractivity contribution in [1.82, 2.24) is 9.38 Å². The quantitative estimate of drug-likeness (QED) is 0.606. The molecule has 0 saturated carbocycles. The SMILES string of the molecule is NCc1ccc2nc(-c3ccc4ccccc4c3)cn2c1. The van der Waals surface area contributed by atoms with Gasteiger partial charge in [0, 0.05) is 24.5 Å². The van der Waals surface area contributed by atoms with Gasteiger partial charge in [0.2, 0.25) is 0 Å². The third-order valence-corrected chi connectivity index (χ3v) is 3.79. The molecule has 0 spiro atoms. The number of hydrogen-bond acceptors (Lipinski definition) is 2. The molecule has 2 aromatic heterocycles. The summed E-state index contributed by atoms with van der Waals surface area (Å²) in [5, 5.41) is 2.48. The smallest absolute Gasteiger partial charge is 0.137 e. The van der Waals surface area contributed by atoms with Crippen molar-refractivity contribution in [3.63, 3.8) is 0 Å². The Labute approximate surface area is 122 Å². The van der Waals surface area contributed by atoms with Crippen LogP contribution in [0.5, 0.6) is 0 Å². The molecule has 21 heavy (non-hydrogen) atoms. The fourth-order valence-corrected chi connectivity index (χ4v) is 2.65. The first kappa shape index (κ1) is 12.1. The van der Waals surface area contributed by atoms with Crippen LogP contribution in [0.25, 0.3) is 27.7 Å². The van der Waals surface area contributed by atoms with Crippen LogP contribution in [0.2, 0.25) is 0 Å². The summed E-state index contributed by atoms with van der Waals surface area (Å²) in [5.41, 5.74) is 9.84. The Balaban J connectivity index is 1.87. The second-order valence-electron chi connectivity index (χ2n) is 5.20. The van der Waals surface area contributed by atoms with E-state index in [-0.39, 0.29) is 0 Å². The van der Waals surface area contributed by atoms with E-state index in [2.05, 4.69) is 53.6 Å². The Kier molecular flexibility index (Phi) is 2.72. The first-order chi connectivity index (χ1) is 10.3. The Bertz CT molecular complexity index is 937. The fourth-order valence-electron chi connectivity index (χ4n) is 2.65. The molecule has 0 aliphatic rings. The molecule has 2 aromatic carbocycles. The molecule has 0 aliphatic heterocycles. The molecular weight excluding hydrogens is 258 g/mol. The van der Waals surface area contributed by atoms with Crippen molar-refractivity contribution in [3.05, 3.63) is 72.6 Å². The average molecular weight is 273 g/mol. The van der Waals surface area contributed by atoms with E-state index in [9.17, 15) is 0 Å². The number of pyridine rings is 1. The van der Waals surface area contributed by atoms with E-state index in [0.717, 1.165) is 22.5 Å². The van der Waals surface area contributed by atoms with Gasteiger partial charge in [0.15, 0.2) is 0 Å². The molecule has 0 unspecified atom stereocenters. The Morgan fingerprint density at radius 3 is 2.62 bits per heavy atom. The van der Waals surface area contributed by atoms with Gasteiger partial charge in [0.25, 0.3) is 0 Å². The van der Waals surface area contributed by atoms with E-state index < -0.39 is 0 Å². The van der Waals surface area contributed by atoms with Crippen LogP contribution in [0.4, 0.5) is 0 Å². The molecule has 3 nitrogen and oxygen atoms in total. The molecule has 0 radical (unpaired) electrons. The maximum absolute atomic E-state index is 5.69. The number of fused-ring (bicyclic) bond motifs is 2. The number of nitrogens with two attached hydrogens (primary N) is 1. The van der Waals surface area contributed by atoms with Gasteiger partial charge in [-0.25, -0.2) is 4.98 Å². The number of hydrogen-bond donors (Lipinski definition) is 1. The van der Waals surface area contributed by atoms with Crippen LogP contribution in [-0.4, -0.2) is 9.38 Å². The number of imidazole rings is 1. The van der Waals surface area contributed by atoms with E-state index in [1.54, 1.807) is 0 Å². The van der Waals surface area contributed by atoms with Crippen LogP contribution in [0, 0.1) is 0 Å². The lowest BCUT2D eigenvalue weighted by atomic mass is 10.1. The number of rotatable bonds is 2. The summed E-state index contributed by atoms with van der Waals surface area (Å²) in [6.45, 7) is 0.541. The molecular formula is C18H15N3. The highest BCUT2D eigenvalue weighted by molar-refractivity contribution is 5.86. The number of aromatic nitrogens is 2. The van der Waals surface area contributed by atoms with Gasteiger partial charge in [-0.05, 0) is 28.5 Å². The minimum absolute atomic E-state index is 0.541. The molecule has 2 heterocycles. The zero-order chi connectivity index (χ0) is 14.2. The van der Waals surface area contributed by atoms with Crippen LogP contribution in [0.1, 0.15) is 5.56 Å². The topological polar surface area (TPSA) is 43.3 Å². The van der Waals surface area contributed by atoms with E-state index >= 15 is 0 Å². The predicted molar refractivity (Wildman–Crippen MR) is 86.0 cm³/mol. The largest absolute Gasteiger partial charge is 0.326 e. The molecule has 2 N–H and O–H groups in total. The third-order valence-electron chi connectivity index (χ3n) is 3.79. The van der Waals surface area contributed by atoms with Gasteiger partial charge in [-0.2, -0.15) is 0 Å². The molecule has 3 heteroatoms. The molecule has 4 rings (SSSR count). The Morgan fingerprint density at radius 1 is 0.905 bits per heavy atom. The van der Waals surface area contributed by atoms with Crippen molar-refractivity contribution < 1.29 is 0 Å². The van der Waals surface area contributed by atoms with Gasteiger partial charge < -0.3 is 10.1 Å². The van der Waals surface area contributed by atoms with E-state index in [4.69, 9.17) is 5.73 Å². The van der Waals surface area contributed by atoms with Crippen LogP contribution in [0.3, 0.4) is 0 Å². The lowest BCUT2D eigenvalue weighted by Crippen LogP contribution is -1.97. The first-order valence-electron chi connectivity index (χ1n) is 7.00. The zero-order valence-corrected chi connectivity index (χ0v) is 11.5. The van der Waals surface area contributed by atoms with Gasteiger partial charge in [-0.15, -0.1) is 0 Å². The maximum Gasteiger partial charge on any atom is 0.137 e. The first-order valence-corrected chi connectivity index (χ1v) is 7.00. The maximum atomic E-state index is 5.69. The van der Waals surface area contributed by atoms with Gasteiger partial charge in [0.1, 0.15) is 5.65 Å². The molecule has 0 aliphatic carbocycles. The molecule has 0 fully saturated rings. The summed E-state index contributed by atoms with van der Waals surface area (Å²) in [5.74, 6) is 0. The van der Waals surface area contributed by atoms with Crippen molar-refractivity contribution in [2.45, 2.75) is 6.54 Å². The molecule has 4 aromatic rings. The van der Waals surface area contributed by atoms with Crippen LogP contribution in [0.15, 0.2) is 67.0 Å². The van der Waals surface area contributed by atoms with Crippen LogP contribution < -0.4 is 5.73 Å². The third kappa shape index (κ3) is 2.08. The Hall–Kier alpha value is -2.65. The van der Waals surface area contributed by atoms with E-state index in [1.165, 1.54) is 10.8 Å². The molecule has 0 saturated heterocycles. The van der Waals surface area contributed by atoms with Gasteiger partial charge in [-0.3, -0.25) is 0 Å². The van der Waals surface area contributed by atoms with Crippen molar-refractivity contribution in [1.29, 1.82) is 0 Å². The highest BCUT2D eigenvalue weighted by Gasteiger charge is 2.05. The monoisotopic (exact) mass is 273 g/mol. The molecule has 0 atom stereocenters. The summed E-state index contributed by atoms with van der Waals surface area (Å²) >= 11 is 0. The van der Waals surface area contributed by atoms with Crippen molar-refractivity contribution >= 4 is 16.4 Å². The summed E-state index contributed by atoms with van der Waals surface area (Å²) in [6.07, 6.45) is 4.09. The molecule has 102 valence electrons. The standard InChI is InChI=1S/C18H15N3/c19-10-13-5-8-18-20-17(12-21(18)11-13)16-7-6-14-3-1-2-4-15(14)9-16/h1-9,11-12H,10,19H2. The molecule has 0 bridgehead atoms. The lowest BCUT2D eigenvalue weighted by Gasteiger charge is -2.00. The van der Waals surface area contributed by atoms with Crippen LogP contribution >= 0.6 is 0 Å². The second-order valence-corrected chi connectivity index (χ2v) is 5.20. The second kappa shape index (κ2) is 4.72. The number of benzene rings is 2. The summed E-state index contributed by atoms with van der Waals surface area (Å²) in [6, 6.07) is 18.8. The predicted octanol–water partition coefficient (Wildman–Crippen LogP) is 3.61.